The van der Waals surface area contributed by atoms with Crippen LogP contribution in [-0.2, 0) is 9.59 Å². The van der Waals surface area contributed by atoms with Gasteiger partial charge in [-0.2, -0.15) is 0 Å². The van der Waals surface area contributed by atoms with Crippen molar-refractivity contribution < 1.29 is 9.59 Å². The van der Waals surface area contributed by atoms with Crippen molar-refractivity contribution in [1.29, 1.82) is 0 Å². The maximum absolute atomic E-state index is 12.8. The normalized spacial score (nSPS) is 21.9. The zero-order chi connectivity index (χ0) is 14.2. The molecule has 1 spiro atoms. The SMILES string of the molecule is O=C1CN(c2cccc(Cl)c2)C(=O)C2(CCCCC2)N1. The number of benzene rings is 1. The fourth-order valence-electron chi connectivity index (χ4n) is 3.18. The second kappa shape index (κ2) is 5.09. The Morgan fingerprint density at radius 3 is 2.60 bits per heavy atom. The summed E-state index contributed by atoms with van der Waals surface area (Å²) in [4.78, 5) is 26.4. The Morgan fingerprint density at radius 1 is 1.15 bits per heavy atom. The molecule has 2 aliphatic rings. The molecular formula is C15H17ClN2O2. The molecule has 2 amide bonds. The topological polar surface area (TPSA) is 49.4 Å². The van der Waals surface area contributed by atoms with Crippen molar-refractivity contribution in [2.24, 2.45) is 0 Å². The smallest absolute Gasteiger partial charge is 0.253 e. The van der Waals surface area contributed by atoms with E-state index in [1.165, 1.54) is 0 Å². The number of carbonyl (C=O) groups excluding carboxylic acids is 2. The molecule has 0 bridgehead atoms. The minimum absolute atomic E-state index is 0.000864. The van der Waals surface area contributed by atoms with E-state index in [9.17, 15) is 9.59 Å². The molecule has 0 radical (unpaired) electrons. The van der Waals surface area contributed by atoms with Crippen LogP contribution in [0.4, 0.5) is 5.69 Å². The fourth-order valence-corrected chi connectivity index (χ4v) is 3.36. The summed E-state index contributed by atoms with van der Waals surface area (Å²) >= 11 is 5.99. The third-order valence-corrected chi connectivity index (χ3v) is 4.40. The van der Waals surface area contributed by atoms with Crippen LogP contribution in [0.3, 0.4) is 0 Å². The highest BCUT2D eigenvalue weighted by Crippen LogP contribution is 2.34. The summed E-state index contributed by atoms with van der Waals surface area (Å²) in [7, 11) is 0. The predicted molar refractivity (Wildman–Crippen MR) is 77.8 cm³/mol. The lowest BCUT2D eigenvalue weighted by Gasteiger charge is -2.44. The number of rotatable bonds is 1. The van der Waals surface area contributed by atoms with Crippen LogP contribution in [0.25, 0.3) is 0 Å². The summed E-state index contributed by atoms with van der Waals surface area (Å²) in [5, 5.41) is 3.50. The van der Waals surface area contributed by atoms with Gasteiger partial charge in [0.05, 0.1) is 0 Å². The average Bonchev–Trinajstić information content (AvgIpc) is 2.44. The summed E-state index contributed by atoms with van der Waals surface area (Å²) in [5.41, 5.74) is -0.00194. The molecule has 4 nitrogen and oxygen atoms in total. The van der Waals surface area contributed by atoms with Gasteiger partial charge in [-0.3, -0.25) is 9.59 Å². The average molecular weight is 293 g/mol. The summed E-state index contributed by atoms with van der Waals surface area (Å²) < 4.78 is 0. The fraction of sp³-hybridized carbons (Fsp3) is 0.467. The van der Waals surface area contributed by atoms with E-state index in [0.29, 0.717) is 10.7 Å². The molecule has 20 heavy (non-hydrogen) atoms. The molecule has 106 valence electrons. The number of nitrogens with one attached hydrogen (secondary N) is 1. The Hall–Kier alpha value is -1.55. The van der Waals surface area contributed by atoms with Crippen molar-refractivity contribution in [2.45, 2.75) is 37.6 Å². The van der Waals surface area contributed by atoms with Gasteiger partial charge in [-0.15, -0.1) is 0 Å². The highest BCUT2D eigenvalue weighted by molar-refractivity contribution is 6.31. The number of anilines is 1. The minimum Gasteiger partial charge on any atom is -0.340 e. The third-order valence-electron chi connectivity index (χ3n) is 4.16. The molecule has 0 atom stereocenters. The quantitative estimate of drug-likeness (QED) is 0.864. The van der Waals surface area contributed by atoms with Crippen LogP contribution < -0.4 is 10.2 Å². The first-order chi connectivity index (χ1) is 9.61. The molecule has 1 aliphatic carbocycles. The second-order valence-corrected chi connectivity index (χ2v) is 6.00. The molecule has 1 saturated heterocycles. The van der Waals surface area contributed by atoms with Crippen molar-refractivity contribution in [2.75, 3.05) is 11.4 Å². The van der Waals surface area contributed by atoms with Gasteiger partial charge in [-0.1, -0.05) is 36.9 Å². The maximum atomic E-state index is 12.8. The van der Waals surface area contributed by atoms with E-state index in [2.05, 4.69) is 5.32 Å². The first-order valence-corrected chi connectivity index (χ1v) is 7.37. The van der Waals surface area contributed by atoms with Gasteiger partial charge in [0.2, 0.25) is 5.91 Å². The second-order valence-electron chi connectivity index (χ2n) is 5.56. The van der Waals surface area contributed by atoms with Crippen LogP contribution in [-0.4, -0.2) is 23.9 Å². The van der Waals surface area contributed by atoms with Crippen LogP contribution in [0.5, 0.6) is 0 Å². The highest BCUT2D eigenvalue weighted by Gasteiger charge is 2.47. The maximum Gasteiger partial charge on any atom is 0.253 e. The number of carbonyl (C=O) groups is 2. The highest BCUT2D eigenvalue weighted by atomic mass is 35.5. The lowest BCUT2D eigenvalue weighted by molar-refractivity contribution is -0.137. The van der Waals surface area contributed by atoms with Crippen LogP contribution in [0.1, 0.15) is 32.1 Å². The van der Waals surface area contributed by atoms with Crippen LogP contribution in [0.15, 0.2) is 24.3 Å². The summed E-state index contributed by atoms with van der Waals surface area (Å²) in [6, 6.07) is 7.11. The first-order valence-electron chi connectivity index (χ1n) is 6.99. The Morgan fingerprint density at radius 2 is 1.90 bits per heavy atom. The van der Waals surface area contributed by atoms with Crippen LogP contribution >= 0.6 is 11.6 Å². The number of nitrogens with zero attached hydrogens (tertiary/aromatic N) is 1. The zero-order valence-electron chi connectivity index (χ0n) is 11.2. The zero-order valence-corrected chi connectivity index (χ0v) is 11.9. The molecule has 3 rings (SSSR count). The molecular weight excluding hydrogens is 276 g/mol. The molecule has 1 aromatic rings. The molecule has 0 unspecified atom stereocenters. The standard InChI is InChI=1S/C15H17ClN2O2/c16-11-5-4-6-12(9-11)18-10-13(19)17-15(14(18)20)7-2-1-3-8-15/h4-6,9H,1-3,7-8,10H2,(H,17,19). The van der Waals surface area contributed by atoms with E-state index in [-0.39, 0.29) is 18.4 Å². The van der Waals surface area contributed by atoms with E-state index in [1.54, 1.807) is 23.1 Å². The van der Waals surface area contributed by atoms with Gasteiger partial charge in [0, 0.05) is 10.7 Å². The first kappa shape index (κ1) is 13.4. The molecule has 1 saturated carbocycles. The third kappa shape index (κ3) is 2.29. The van der Waals surface area contributed by atoms with Crippen molar-refractivity contribution in [3.63, 3.8) is 0 Å². The van der Waals surface area contributed by atoms with Crippen molar-refractivity contribution in [3.05, 3.63) is 29.3 Å². The van der Waals surface area contributed by atoms with Crippen molar-refractivity contribution in [1.82, 2.24) is 5.32 Å². The van der Waals surface area contributed by atoms with Gasteiger partial charge >= 0.3 is 0 Å². The Balaban J connectivity index is 1.95. The number of piperazine rings is 1. The molecule has 1 heterocycles. The van der Waals surface area contributed by atoms with Crippen LogP contribution in [0.2, 0.25) is 5.02 Å². The summed E-state index contributed by atoms with van der Waals surface area (Å²) in [6.07, 6.45) is 4.55. The summed E-state index contributed by atoms with van der Waals surface area (Å²) in [5.74, 6) is -0.0921. The molecule has 0 aromatic heterocycles. The van der Waals surface area contributed by atoms with E-state index in [4.69, 9.17) is 11.6 Å². The number of hydrogen-bond acceptors (Lipinski definition) is 2. The van der Waals surface area contributed by atoms with Gasteiger partial charge in [0.25, 0.3) is 5.91 Å². The lowest BCUT2D eigenvalue weighted by atomic mass is 9.79. The van der Waals surface area contributed by atoms with E-state index < -0.39 is 5.54 Å². The lowest BCUT2D eigenvalue weighted by Crippen LogP contribution is -2.67. The van der Waals surface area contributed by atoms with Crippen molar-refractivity contribution in [3.8, 4) is 0 Å². The Bertz CT molecular complexity index is 553. The van der Waals surface area contributed by atoms with Gasteiger partial charge < -0.3 is 10.2 Å². The molecule has 5 heteroatoms. The van der Waals surface area contributed by atoms with E-state index >= 15 is 0 Å². The monoisotopic (exact) mass is 292 g/mol. The molecule has 2 fully saturated rings. The molecule has 1 aromatic carbocycles. The van der Waals surface area contributed by atoms with E-state index in [1.807, 2.05) is 6.07 Å². The van der Waals surface area contributed by atoms with Gasteiger partial charge in [0.1, 0.15) is 12.1 Å². The number of hydrogen-bond donors (Lipinski definition) is 1. The van der Waals surface area contributed by atoms with Gasteiger partial charge in [-0.25, -0.2) is 0 Å². The van der Waals surface area contributed by atoms with Crippen LogP contribution in [0, 0.1) is 0 Å². The Labute approximate surface area is 123 Å². The van der Waals surface area contributed by atoms with Crippen molar-refractivity contribution >= 4 is 29.1 Å². The summed E-state index contributed by atoms with van der Waals surface area (Å²) in [6.45, 7) is 0.0704. The molecule has 1 N–H and O–H groups in total. The minimum atomic E-state index is -0.699. The van der Waals surface area contributed by atoms with Gasteiger partial charge in [0.15, 0.2) is 0 Å². The predicted octanol–water partition coefficient (Wildman–Crippen LogP) is 2.51. The van der Waals surface area contributed by atoms with E-state index in [0.717, 1.165) is 32.1 Å². The number of amides is 2. The molecule has 1 aliphatic heterocycles. The van der Waals surface area contributed by atoms with Gasteiger partial charge in [-0.05, 0) is 31.0 Å². The number of halogens is 1. The Kier molecular flexibility index (Phi) is 3.42. The largest absolute Gasteiger partial charge is 0.340 e.